The number of benzene rings is 2. The van der Waals surface area contributed by atoms with Gasteiger partial charge in [0, 0.05) is 25.9 Å². The van der Waals surface area contributed by atoms with Crippen molar-refractivity contribution in [2.45, 2.75) is 45.4 Å². The maximum absolute atomic E-state index is 12.2. The third-order valence-electron chi connectivity index (χ3n) is 5.08. The van der Waals surface area contributed by atoms with Gasteiger partial charge in [0.05, 0.1) is 6.54 Å². The monoisotopic (exact) mass is 424 g/mol. The van der Waals surface area contributed by atoms with Gasteiger partial charge in [0.2, 0.25) is 0 Å². The number of aliphatic imine (C=N–C) groups is 1. The van der Waals surface area contributed by atoms with Crippen LogP contribution in [-0.4, -0.2) is 44.3 Å². The van der Waals surface area contributed by atoms with Crippen molar-refractivity contribution in [3.63, 3.8) is 0 Å². The maximum atomic E-state index is 12.2. The van der Waals surface area contributed by atoms with Crippen LogP contribution in [0.3, 0.4) is 0 Å². The lowest BCUT2D eigenvalue weighted by Gasteiger charge is -2.19. The molecule has 1 saturated heterocycles. The van der Waals surface area contributed by atoms with Crippen LogP contribution < -0.4 is 20.7 Å². The SMILES string of the molecule is CN=C(NCc1cccc(NC(=O)C2CCCO2)c1)NCC(C)Oc1ccccc1C. The van der Waals surface area contributed by atoms with Gasteiger partial charge in [0.1, 0.15) is 18.0 Å². The van der Waals surface area contributed by atoms with Gasteiger partial charge >= 0.3 is 0 Å². The Balaban J connectivity index is 1.45. The topological polar surface area (TPSA) is 84.0 Å². The molecule has 0 spiro atoms. The molecule has 2 aromatic carbocycles. The first kappa shape index (κ1) is 22.6. The van der Waals surface area contributed by atoms with Crippen LogP contribution in [0.1, 0.15) is 30.9 Å². The number of hydrogen-bond donors (Lipinski definition) is 3. The van der Waals surface area contributed by atoms with Crippen LogP contribution in [-0.2, 0) is 16.1 Å². The van der Waals surface area contributed by atoms with E-state index in [-0.39, 0.29) is 18.1 Å². The number of carbonyl (C=O) groups excluding carboxylic acids is 1. The summed E-state index contributed by atoms with van der Waals surface area (Å²) >= 11 is 0. The second-order valence-electron chi connectivity index (χ2n) is 7.69. The molecule has 1 fully saturated rings. The van der Waals surface area contributed by atoms with Gasteiger partial charge in [0.15, 0.2) is 5.96 Å². The molecular weight excluding hydrogens is 392 g/mol. The number of nitrogens with zero attached hydrogens (tertiary/aromatic N) is 1. The smallest absolute Gasteiger partial charge is 0.253 e. The Morgan fingerprint density at radius 1 is 1.23 bits per heavy atom. The lowest BCUT2D eigenvalue weighted by Crippen LogP contribution is -2.41. The lowest BCUT2D eigenvalue weighted by molar-refractivity contribution is -0.124. The van der Waals surface area contributed by atoms with Gasteiger partial charge in [0.25, 0.3) is 5.91 Å². The van der Waals surface area contributed by atoms with Crippen molar-refractivity contribution in [3.8, 4) is 5.75 Å². The first-order chi connectivity index (χ1) is 15.0. The van der Waals surface area contributed by atoms with Crippen molar-refractivity contribution in [2.24, 2.45) is 4.99 Å². The van der Waals surface area contributed by atoms with E-state index in [9.17, 15) is 4.79 Å². The molecule has 2 atom stereocenters. The van der Waals surface area contributed by atoms with E-state index in [1.807, 2.05) is 62.4 Å². The van der Waals surface area contributed by atoms with E-state index >= 15 is 0 Å². The number of rotatable bonds is 8. The van der Waals surface area contributed by atoms with Crippen LogP contribution >= 0.6 is 0 Å². The number of ether oxygens (including phenoxy) is 2. The van der Waals surface area contributed by atoms with Gasteiger partial charge in [-0.05, 0) is 56.0 Å². The molecule has 31 heavy (non-hydrogen) atoms. The van der Waals surface area contributed by atoms with Gasteiger partial charge in [-0.2, -0.15) is 0 Å². The van der Waals surface area contributed by atoms with Crippen LogP contribution in [0.5, 0.6) is 5.75 Å². The first-order valence-electron chi connectivity index (χ1n) is 10.7. The minimum absolute atomic E-state index is 0.0176. The van der Waals surface area contributed by atoms with Gasteiger partial charge in [-0.1, -0.05) is 30.3 Å². The fraction of sp³-hybridized carbons (Fsp3) is 0.417. The second-order valence-corrected chi connectivity index (χ2v) is 7.69. The summed E-state index contributed by atoms with van der Waals surface area (Å²) in [6, 6.07) is 15.8. The molecule has 0 aromatic heterocycles. The Hall–Kier alpha value is -3.06. The number of anilines is 1. The summed E-state index contributed by atoms with van der Waals surface area (Å²) in [5.74, 6) is 1.50. The fourth-order valence-electron chi connectivity index (χ4n) is 3.36. The molecule has 3 rings (SSSR count). The van der Waals surface area contributed by atoms with Crippen molar-refractivity contribution in [2.75, 3.05) is 25.5 Å². The van der Waals surface area contributed by atoms with Crippen LogP contribution in [0.4, 0.5) is 5.69 Å². The van der Waals surface area contributed by atoms with E-state index in [1.54, 1.807) is 7.05 Å². The minimum atomic E-state index is -0.339. The zero-order valence-corrected chi connectivity index (χ0v) is 18.5. The number of aryl methyl sites for hydroxylation is 1. The molecule has 1 aliphatic rings. The predicted molar refractivity (Wildman–Crippen MR) is 124 cm³/mol. The number of para-hydroxylation sites is 1. The summed E-state index contributed by atoms with van der Waals surface area (Å²) in [5.41, 5.74) is 2.92. The quantitative estimate of drug-likeness (QED) is 0.448. The Morgan fingerprint density at radius 3 is 2.81 bits per heavy atom. The van der Waals surface area contributed by atoms with Crippen LogP contribution in [0.2, 0.25) is 0 Å². The molecular formula is C24H32N4O3. The molecule has 1 heterocycles. The van der Waals surface area contributed by atoms with Crippen LogP contribution in [0, 0.1) is 6.92 Å². The molecule has 2 aromatic rings. The number of guanidine groups is 1. The number of amides is 1. The third-order valence-corrected chi connectivity index (χ3v) is 5.08. The normalized spacial score (nSPS) is 17.1. The summed E-state index contributed by atoms with van der Waals surface area (Å²) in [6.45, 7) is 5.91. The Labute approximate surface area is 184 Å². The van der Waals surface area contributed by atoms with Crippen molar-refractivity contribution in [1.82, 2.24) is 10.6 Å². The third kappa shape index (κ3) is 7.00. The second kappa shape index (κ2) is 11.4. The minimum Gasteiger partial charge on any atom is -0.489 e. The molecule has 2 unspecified atom stereocenters. The molecule has 3 N–H and O–H groups in total. The van der Waals surface area contributed by atoms with Gasteiger partial charge in [-0.15, -0.1) is 0 Å². The van der Waals surface area contributed by atoms with Gasteiger partial charge < -0.3 is 25.4 Å². The van der Waals surface area contributed by atoms with E-state index in [0.717, 1.165) is 35.4 Å². The predicted octanol–water partition coefficient (Wildman–Crippen LogP) is 3.25. The van der Waals surface area contributed by atoms with Gasteiger partial charge in [-0.3, -0.25) is 9.79 Å². The van der Waals surface area contributed by atoms with Gasteiger partial charge in [-0.25, -0.2) is 0 Å². The number of carbonyl (C=O) groups is 1. The highest BCUT2D eigenvalue weighted by atomic mass is 16.5. The summed E-state index contributed by atoms with van der Waals surface area (Å²) in [7, 11) is 1.74. The van der Waals surface area contributed by atoms with Crippen LogP contribution in [0.25, 0.3) is 0 Å². The standard InChI is InChI=1S/C24H32N4O3/c1-17-8-4-5-11-21(17)31-18(2)15-26-24(25-3)27-16-19-9-6-10-20(14-19)28-23(29)22-12-7-13-30-22/h4-6,8-11,14,18,22H,7,12-13,15-16H2,1-3H3,(H,28,29)(H2,25,26,27). The molecule has 0 bridgehead atoms. The van der Waals surface area contributed by atoms with Crippen molar-refractivity contribution in [1.29, 1.82) is 0 Å². The average molecular weight is 425 g/mol. The molecule has 0 aliphatic carbocycles. The van der Waals surface area contributed by atoms with E-state index in [4.69, 9.17) is 9.47 Å². The van der Waals surface area contributed by atoms with E-state index in [1.165, 1.54) is 0 Å². The zero-order chi connectivity index (χ0) is 22.1. The molecule has 166 valence electrons. The molecule has 0 saturated carbocycles. The van der Waals surface area contributed by atoms with Crippen molar-refractivity contribution < 1.29 is 14.3 Å². The molecule has 0 radical (unpaired) electrons. The number of hydrogen-bond acceptors (Lipinski definition) is 4. The Bertz CT molecular complexity index is 894. The summed E-state index contributed by atoms with van der Waals surface area (Å²) in [6.07, 6.45) is 1.36. The summed E-state index contributed by atoms with van der Waals surface area (Å²) < 4.78 is 11.4. The molecule has 7 nitrogen and oxygen atoms in total. The van der Waals surface area contributed by atoms with E-state index in [0.29, 0.717) is 25.7 Å². The van der Waals surface area contributed by atoms with Crippen molar-refractivity contribution in [3.05, 3.63) is 59.7 Å². The summed E-state index contributed by atoms with van der Waals surface area (Å²) in [4.78, 5) is 16.5. The largest absolute Gasteiger partial charge is 0.489 e. The van der Waals surface area contributed by atoms with Crippen molar-refractivity contribution >= 4 is 17.6 Å². The summed E-state index contributed by atoms with van der Waals surface area (Å²) in [5, 5.41) is 9.53. The van der Waals surface area contributed by atoms with Crippen LogP contribution in [0.15, 0.2) is 53.5 Å². The fourth-order valence-corrected chi connectivity index (χ4v) is 3.36. The lowest BCUT2D eigenvalue weighted by atomic mass is 10.2. The molecule has 1 amide bonds. The van der Waals surface area contributed by atoms with E-state index < -0.39 is 0 Å². The zero-order valence-electron chi connectivity index (χ0n) is 18.5. The molecule has 7 heteroatoms. The molecule has 1 aliphatic heterocycles. The highest BCUT2D eigenvalue weighted by molar-refractivity contribution is 5.94. The Morgan fingerprint density at radius 2 is 2.06 bits per heavy atom. The number of nitrogens with one attached hydrogen (secondary N) is 3. The Kier molecular flexibility index (Phi) is 8.29. The van der Waals surface area contributed by atoms with E-state index in [2.05, 4.69) is 20.9 Å². The highest BCUT2D eigenvalue weighted by Gasteiger charge is 2.23. The highest BCUT2D eigenvalue weighted by Crippen LogP contribution is 2.18. The maximum Gasteiger partial charge on any atom is 0.253 e. The average Bonchev–Trinajstić information content (AvgIpc) is 3.31. The first-order valence-corrected chi connectivity index (χ1v) is 10.7.